The monoisotopic (exact) mass is 266 g/mol. The minimum atomic E-state index is -0.162. The highest BCUT2D eigenvalue weighted by Gasteiger charge is 2.44. The Labute approximate surface area is 113 Å². The number of ether oxygens (including phenoxy) is 3. The zero-order valence-electron chi connectivity index (χ0n) is 11.7. The molecule has 5 heteroatoms. The Hall–Kier alpha value is -1.30. The number of rotatable bonds is 5. The molecule has 0 aromatic heterocycles. The Morgan fingerprint density at radius 2 is 1.84 bits per heavy atom. The maximum absolute atomic E-state index is 6.41. The lowest BCUT2D eigenvalue weighted by atomic mass is 9.74. The number of nitrogens with two attached hydrogens (primary N) is 2. The lowest BCUT2D eigenvalue weighted by Crippen LogP contribution is -2.55. The normalized spacial score (nSPS) is 18.6. The second kappa shape index (κ2) is 5.36. The van der Waals surface area contributed by atoms with Crippen LogP contribution in [0, 0.1) is 12.3 Å². The molecule has 1 aromatic carbocycles. The third kappa shape index (κ3) is 2.29. The molecule has 0 radical (unpaired) electrons. The maximum atomic E-state index is 6.41. The van der Waals surface area contributed by atoms with Crippen molar-refractivity contribution < 1.29 is 14.2 Å². The van der Waals surface area contributed by atoms with Gasteiger partial charge in [-0.15, -0.1) is 0 Å². The lowest BCUT2D eigenvalue weighted by Gasteiger charge is -2.45. The first-order valence-corrected chi connectivity index (χ1v) is 6.34. The smallest absolute Gasteiger partial charge is 0.161 e. The standard InChI is InChI=1S/C14H22N2O3/c1-9-4-11(17-2)12(18-3)5-10(9)13(16)14(6-15)7-19-8-14/h4-5,13H,6-8,15-16H2,1-3H3. The van der Waals surface area contributed by atoms with Crippen molar-refractivity contribution in [2.75, 3.05) is 34.0 Å². The molecule has 1 atom stereocenters. The van der Waals surface area contributed by atoms with E-state index in [-0.39, 0.29) is 11.5 Å². The molecule has 1 heterocycles. The van der Waals surface area contributed by atoms with Crippen LogP contribution in [0.4, 0.5) is 0 Å². The second-order valence-corrected chi connectivity index (χ2v) is 5.10. The van der Waals surface area contributed by atoms with Crippen LogP contribution in [0.1, 0.15) is 17.2 Å². The van der Waals surface area contributed by atoms with Crippen LogP contribution in [0.15, 0.2) is 12.1 Å². The van der Waals surface area contributed by atoms with Crippen LogP contribution in [-0.4, -0.2) is 34.0 Å². The van der Waals surface area contributed by atoms with Gasteiger partial charge in [-0.1, -0.05) is 0 Å². The Balaban J connectivity index is 2.39. The fraction of sp³-hybridized carbons (Fsp3) is 0.571. The van der Waals surface area contributed by atoms with Crippen molar-refractivity contribution >= 4 is 0 Å². The molecule has 106 valence electrons. The van der Waals surface area contributed by atoms with Crippen molar-refractivity contribution in [2.45, 2.75) is 13.0 Å². The van der Waals surface area contributed by atoms with E-state index in [1.165, 1.54) is 0 Å². The van der Waals surface area contributed by atoms with Crippen LogP contribution >= 0.6 is 0 Å². The van der Waals surface area contributed by atoms with E-state index in [1.54, 1.807) is 14.2 Å². The molecule has 5 nitrogen and oxygen atoms in total. The molecule has 1 unspecified atom stereocenters. The van der Waals surface area contributed by atoms with Gasteiger partial charge in [-0.05, 0) is 30.2 Å². The first kappa shape index (κ1) is 14.1. The fourth-order valence-corrected chi connectivity index (χ4v) is 2.45. The number of aryl methyl sites for hydroxylation is 1. The Morgan fingerprint density at radius 1 is 1.26 bits per heavy atom. The van der Waals surface area contributed by atoms with Crippen molar-refractivity contribution in [1.29, 1.82) is 0 Å². The molecule has 1 aromatic rings. The molecule has 1 aliphatic rings. The molecular weight excluding hydrogens is 244 g/mol. The van der Waals surface area contributed by atoms with E-state index in [9.17, 15) is 0 Å². The van der Waals surface area contributed by atoms with Gasteiger partial charge >= 0.3 is 0 Å². The van der Waals surface area contributed by atoms with Crippen LogP contribution < -0.4 is 20.9 Å². The molecule has 0 amide bonds. The van der Waals surface area contributed by atoms with E-state index in [4.69, 9.17) is 25.7 Å². The molecule has 0 spiro atoms. The molecule has 0 saturated carbocycles. The Kier molecular flexibility index (Phi) is 3.99. The van der Waals surface area contributed by atoms with Gasteiger partial charge in [0, 0.05) is 18.0 Å². The number of methoxy groups -OCH3 is 2. The van der Waals surface area contributed by atoms with Gasteiger partial charge in [0.05, 0.1) is 27.4 Å². The van der Waals surface area contributed by atoms with E-state index < -0.39 is 0 Å². The number of benzene rings is 1. The van der Waals surface area contributed by atoms with Gasteiger partial charge in [0.1, 0.15) is 0 Å². The average molecular weight is 266 g/mol. The molecule has 4 N–H and O–H groups in total. The summed E-state index contributed by atoms with van der Waals surface area (Å²) in [6.07, 6.45) is 0. The topological polar surface area (TPSA) is 79.7 Å². The van der Waals surface area contributed by atoms with E-state index in [0.29, 0.717) is 31.3 Å². The summed E-state index contributed by atoms with van der Waals surface area (Å²) in [5.41, 5.74) is 14.2. The quantitative estimate of drug-likeness (QED) is 0.830. The fourth-order valence-electron chi connectivity index (χ4n) is 2.45. The SMILES string of the molecule is COc1cc(C)c(C(N)C2(CN)COC2)cc1OC. The van der Waals surface area contributed by atoms with Crippen LogP contribution in [0.3, 0.4) is 0 Å². The van der Waals surface area contributed by atoms with E-state index in [2.05, 4.69) is 0 Å². The first-order valence-electron chi connectivity index (χ1n) is 6.34. The highest BCUT2D eigenvalue weighted by atomic mass is 16.5. The minimum absolute atomic E-state index is 0.161. The summed E-state index contributed by atoms with van der Waals surface area (Å²) in [4.78, 5) is 0. The minimum Gasteiger partial charge on any atom is -0.493 e. The highest BCUT2D eigenvalue weighted by molar-refractivity contribution is 5.48. The molecule has 1 fully saturated rings. The third-order valence-electron chi connectivity index (χ3n) is 3.95. The van der Waals surface area contributed by atoms with Gasteiger partial charge in [-0.2, -0.15) is 0 Å². The van der Waals surface area contributed by atoms with Gasteiger partial charge in [-0.25, -0.2) is 0 Å². The molecule has 2 rings (SSSR count). The number of hydrogen-bond acceptors (Lipinski definition) is 5. The largest absolute Gasteiger partial charge is 0.493 e. The summed E-state index contributed by atoms with van der Waals surface area (Å²) in [6.45, 7) is 3.75. The zero-order valence-corrected chi connectivity index (χ0v) is 11.7. The van der Waals surface area contributed by atoms with E-state index in [0.717, 1.165) is 11.1 Å². The van der Waals surface area contributed by atoms with Gasteiger partial charge < -0.3 is 25.7 Å². The predicted molar refractivity (Wildman–Crippen MR) is 73.5 cm³/mol. The summed E-state index contributed by atoms with van der Waals surface area (Å²) in [7, 11) is 3.24. The van der Waals surface area contributed by atoms with Crippen molar-refractivity contribution in [1.82, 2.24) is 0 Å². The summed E-state index contributed by atoms with van der Waals surface area (Å²) < 4.78 is 15.9. The van der Waals surface area contributed by atoms with Gasteiger partial charge in [0.25, 0.3) is 0 Å². The molecule has 19 heavy (non-hydrogen) atoms. The number of hydrogen-bond donors (Lipinski definition) is 2. The summed E-state index contributed by atoms with van der Waals surface area (Å²) in [5.74, 6) is 1.40. The van der Waals surface area contributed by atoms with Crippen molar-refractivity contribution in [3.63, 3.8) is 0 Å². The lowest BCUT2D eigenvalue weighted by molar-refractivity contribution is -0.121. The van der Waals surface area contributed by atoms with Crippen LogP contribution in [0.5, 0.6) is 11.5 Å². The molecule has 0 aliphatic carbocycles. The van der Waals surface area contributed by atoms with Crippen LogP contribution in [-0.2, 0) is 4.74 Å². The van der Waals surface area contributed by atoms with Gasteiger partial charge in [-0.3, -0.25) is 0 Å². The average Bonchev–Trinajstić information content (AvgIpc) is 2.37. The maximum Gasteiger partial charge on any atom is 0.161 e. The molecule has 0 bridgehead atoms. The van der Waals surface area contributed by atoms with E-state index >= 15 is 0 Å². The second-order valence-electron chi connectivity index (χ2n) is 5.10. The molecular formula is C14H22N2O3. The van der Waals surface area contributed by atoms with E-state index in [1.807, 2.05) is 19.1 Å². The van der Waals surface area contributed by atoms with Crippen LogP contribution in [0.25, 0.3) is 0 Å². The van der Waals surface area contributed by atoms with Crippen molar-refractivity contribution in [2.24, 2.45) is 16.9 Å². The summed E-state index contributed by atoms with van der Waals surface area (Å²) >= 11 is 0. The predicted octanol–water partition coefficient (Wildman–Crippen LogP) is 0.987. The van der Waals surface area contributed by atoms with Crippen molar-refractivity contribution in [3.05, 3.63) is 23.3 Å². The van der Waals surface area contributed by atoms with Gasteiger partial charge in [0.15, 0.2) is 11.5 Å². The Morgan fingerprint density at radius 3 is 2.26 bits per heavy atom. The first-order chi connectivity index (χ1) is 9.07. The van der Waals surface area contributed by atoms with Crippen LogP contribution in [0.2, 0.25) is 0 Å². The summed E-state index contributed by atoms with van der Waals surface area (Å²) in [5, 5.41) is 0. The molecule has 1 aliphatic heterocycles. The van der Waals surface area contributed by atoms with Crippen molar-refractivity contribution in [3.8, 4) is 11.5 Å². The summed E-state index contributed by atoms with van der Waals surface area (Å²) in [6, 6.07) is 3.72. The third-order valence-corrected chi connectivity index (χ3v) is 3.95. The Bertz CT molecular complexity index is 453. The van der Waals surface area contributed by atoms with Gasteiger partial charge in [0.2, 0.25) is 0 Å². The zero-order chi connectivity index (χ0) is 14.0. The molecule has 1 saturated heterocycles. The highest BCUT2D eigenvalue weighted by Crippen LogP contribution is 2.42.